The molecule has 0 saturated heterocycles. The lowest BCUT2D eigenvalue weighted by Crippen LogP contribution is -2.23. The number of esters is 1. The van der Waals surface area contributed by atoms with Crippen LogP contribution in [0.1, 0.15) is 15.9 Å². The minimum atomic E-state index is -3.89. The fraction of sp³-hybridized carbons (Fsp3) is 0.133. The average molecular weight is 358 g/mol. The molecule has 2 aromatic carbocycles. The Hall–Kier alpha value is -1.96. The van der Waals surface area contributed by atoms with Crippen LogP contribution in [-0.4, -0.2) is 21.5 Å². The number of carbonyl (C=O) groups excluding carboxylic acids is 1. The van der Waals surface area contributed by atoms with E-state index in [1.807, 2.05) is 0 Å². The second-order valence-electron chi connectivity index (χ2n) is 4.59. The first-order chi connectivity index (χ1) is 10.8. The molecular formula is C15H13ClFNO4S. The zero-order chi connectivity index (χ0) is 17.0. The monoisotopic (exact) mass is 357 g/mol. The van der Waals surface area contributed by atoms with Crippen LogP contribution < -0.4 is 4.72 Å². The van der Waals surface area contributed by atoms with Gasteiger partial charge in [-0.1, -0.05) is 23.7 Å². The summed E-state index contributed by atoms with van der Waals surface area (Å²) in [6.07, 6.45) is 0. The third-order valence-electron chi connectivity index (χ3n) is 3.01. The number of carbonyl (C=O) groups is 1. The number of hydrogen-bond donors (Lipinski definition) is 1. The Kier molecular flexibility index (Phi) is 5.35. The minimum Gasteiger partial charge on any atom is -0.465 e. The van der Waals surface area contributed by atoms with E-state index in [1.165, 1.54) is 37.4 Å². The van der Waals surface area contributed by atoms with Gasteiger partial charge < -0.3 is 4.74 Å². The number of benzene rings is 2. The van der Waals surface area contributed by atoms with E-state index >= 15 is 0 Å². The van der Waals surface area contributed by atoms with Crippen molar-refractivity contribution in [2.24, 2.45) is 0 Å². The lowest BCUT2D eigenvalue weighted by molar-refractivity contribution is 0.0600. The summed E-state index contributed by atoms with van der Waals surface area (Å²) >= 11 is 5.85. The predicted molar refractivity (Wildman–Crippen MR) is 83.2 cm³/mol. The first-order valence-corrected chi connectivity index (χ1v) is 8.31. The predicted octanol–water partition coefficient (Wildman–Crippen LogP) is 2.74. The number of rotatable bonds is 5. The van der Waals surface area contributed by atoms with Crippen LogP contribution in [-0.2, 0) is 21.3 Å². The minimum absolute atomic E-state index is 0.0530. The summed E-state index contributed by atoms with van der Waals surface area (Å²) in [6, 6.07) is 9.25. The number of sulfonamides is 1. The van der Waals surface area contributed by atoms with Crippen molar-refractivity contribution in [3.05, 3.63) is 64.4 Å². The Balaban J connectivity index is 2.24. The molecule has 0 radical (unpaired) electrons. The summed E-state index contributed by atoms with van der Waals surface area (Å²) in [5, 5.41) is 0.0842. The molecule has 0 atom stereocenters. The van der Waals surface area contributed by atoms with Crippen molar-refractivity contribution in [2.75, 3.05) is 7.11 Å². The summed E-state index contributed by atoms with van der Waals surface area (Å²) in [6.45, 7) is -0.0870. The molecule has 1 N–H and O–H groups in total. The van der Waals surface area contributed by atoms with E-state index in [9.17, 15) is 17.6 Å². The zero-order valence-electron chi connectivity index (χ0n) is 12.0. The van der Waals surface area contributed by atoms with Gasteiger partial charge in [-0.25, -0.2) is 22.3 Å². The van der Waals surface area contributed by atoms with Gasteiger partial charge in [0, 0.05) is 6.54 Å². The average Bonchev–Trinajstić information content (AvgIpc) is 2.52. The standard InChI is InChI=1S/C15H13ClFNO4S/c1-22-15(19)13-8-12(5-6-14(13)16)23(20,21)18-9-10-3-2-4-11(17)7-10/h2-8,18H,9H2,1H3. The van der Waals surface area contributed by atoms with E-state index < -0.39 is 21.8 Å². The smallest absolute Gasteiger partial charge is 0.339 e. The molecule has 0 fully saturated rings. The maximum Gasteiger partial charge on any atom is 0.339 e. The van der Waals surface area contributed by atoms with E-state index in [-0.39, 0.29) is 22.0 Å². The van der Waals surface area contributed by atoms with Crippen LogP contribution in [0.5, 0.6) is 0 Å². The van der Waals surface area contributed by atoms with Crippen LogP contribution >= 0.6 is 11.6 Å². The maximum absolute atomic E-state index is 13.1. The van der Waals surface area contributed by atoms with Crippen molar-refractivity contribution in [3.63, 3.8) is 0 Å². The van der Waals surface area contributed by atoms with E-state index in [0.717, 1.165) is 6.07 Å². The second-order valence-corrected chi connectivity index (χ2v) is 6.76. The summed E-state index contributed by atoms with van der Waals surface area (Å²) in [5.41, 5.74) is 0.415. The highest BCUT2D eigenvalue weighted by Crippen LogP contribution is 2.21. The molecule has 2 rings (SSSR count). The number of halogens is 2. The highest BCUT2D eigenvalue weighted by Gasteiger charge is 2.19. The van der Waals surface area contributed by atoms with Gasteiger partial charge in [0.15, 0.2) is 0 Å². The molecule has 0 bridgehead atoms. The largest absolute Gasteiger partial charge is 0.465 e. The van der Waals surface area contributed by atoms with Crippen molar-refractivity contribution in [1.82, 2.24) is 4.72 Å². The quantitative estimate of drug-likeness (QED) is 0.835. The summed E-state index contributed by atoms with van der Waals surface area (Å²) in [5.74, 6) is -1.20. The molecule has 8 heteroatoms. The van der Waals surface area contributed by atoms with Gasteiger partial charge >= 0.3 is 5.97 Å². The molecule has 0 aromatic heterocycles. The molecule has 0 saturated carbocycles. The SMILES string of the molecule is COC(=O)c1cc(S(=O)(=O)NCc2cccc(F)c2)ccc1Cl. The number of methoxy groups -OCH3 is 1. The van der Waals surface area contributed by atoms with Gasteiger partial charge in [-0.15, -0.1) is 0 Å². The lowest BCUT2D eigenvalue weighted by atomic mass is 10.2. The van der Waals surface area contributed by atoms with Crippen LogP contribution in [0.4, 0.5) is 4.39 Å². The first-order valence-electron chi connectivity index (χ1n) is 6.45. The summed E-state index contributed by atoms with van der Waals surface area (Å²) in [7, 11) is -2.72. The lowest BCUT2D eigenvalue weighted by Gasteiger charge is -2.09. The Morgan fingerprint density at radius 1 is 1.26 bits per heavy atom. The maximum atomic E-state index is 13.1. The van der Waals surface area contributed by atoms with Gasteiger partial charge in [-0.3, -0.25) is 0 Å². The fourth-order valence-corrected chi connectivity index (χ4v) is 3.08. The molecule has 0 aliphatic carbocycles. The number of ether oxygens (including phenoxy) is 1. The Morgan fingerprint density at radius 3 is 2.65 bits per heavy atom. The Morgan fingerprint density at radius 2 is 2.00 bits per heavy atom. The Bertz CT molecular complexity index is 839. The highest BCUT2D eigenvalue weighted by molar-refractivity contribution is 7.89. The molecule has 2 aromatic rings. The summed E-state index contributed by atoms with van der Waals surface area (Å²) in [4.78, 5) is 11.4. The normalized spacial score (nSPS) is 11.3. The second kappa shape index (κ2) is 7.08. The molecule has 0 unspecified atom stereocenters. The van der Waals surface area contributed by atoms with Gasteiger partial charge in [-0.2, -0.15) is 0 Å². The van der Waals surface area contributed by atoms with Gasteiger partial charge in [-0.05, 0) is 35.9 Å². The molecule has 0 aliphatic heterocycles. The van der Waals surface area contributed by atoms with Gasteiger partial charge in [0.05, 0.1) is 22.6 Å². The van der Waals surface area contributed by atoms with Crippen LogP contribution in [0.25, 0.3) is 0 Å². The highest BCUT2D eigenvalue weighted by atomic mass is 35.5. The van der Waals surface area contributed by atoms with Gasteiger partial charge in [0.2, 0.25) is 10.0 Å². The van der Waals surface area contributed by atoms with E-state index in [4.69, 9.17) is 11.6 Å². The van der Waals surface area contributed by atoms with Crippen molar-refractivity contribution in [3.8, 4) is 0 Å². The molecular weight excluding hydrogens is 345 g/mol. The first kappa shape index (κ1) is 17.4. The number of hydrogen-bond acceptors (Lipinski definition) is 4. The molecule has 0 spiro atoms. The van der Waals surface area contributed by atoms with E-state index in [1.54, 1.807) is 6.07 Å². The van der Waals surface area contributed by atoms with Crippen LogP contribution in [0, 0.1) is 5.82 Å². The number of nitrogens with one attached hydrogen (secondary N) is 1. The van der Waals surface area contributed by atoms with Crippen LogP contribution in [0.2, 0.25) is 5.02 Å². The van der Waals surface area contributed by atoms with Crippen LogP contribution in [0.15, 0.2) is 47.4 Å². The zero-order valence-corrected chi connectivity index (χ0v) is 13.6. The fourth-order valence-electron chi connectivity index (χ4n) is 1.85. The van der Waals surface area contributed by atoms with Crippen molar-refractivity contribution < 1.29 is 22.3 Å². The molecule has 0 aliphatic rings. The molecule has 0 heterocycles. The summed E-state index contributed by atoms with van der Waals surface area (Å²) < 4.78 is 44.5. The van der Waals surface area contributed by atoms with Gasteiger partial charge in [0.1, 0.15) is 5.82 Å². The van der Waals surface area contributed by atoms with Crippen molar-refractivity contribution in [1.29, 1.82) is 0 Å². The van der Waals surface area contributed by atoms with E-state index in [2.05, 4.69) is 9.46 Å². The van der Waals surface area contributed by atoms with Crippen LogP contribution in [0.3, 0.4) is 0 Å². The third kappa shape index (κ3) is 4.28. The molecule has 5 nitrogen and oxygen atoms in total. The van der Waals surface area contributed by atoms with Crippen molar-refractivity contribution >= 4 is 27.6 Å². The third-order valence-corrected chi connectivity index (χ3v) is 4.74. The molecule has 122 valence electrons. The van der Waals surface area contributed by atoms with E-state index in [0.29, 0.717) is 5.56 Å². The van der Waals surface area contributed by atoms with Gasteiger partial charge in [0.25, 0.3) is 0 Å². The molecule has 0 amide bonds. The Labute approximate surface area is 138 Å². The van der Waals surface area contributed by atoms with Crippen molar-refractivity contribution in [2.45, 2.75) is 11.4 Å². The molecule has 23 heavy (non-hydrogen) atoms. The topological polar surface area (TPSA) is 72.5 Å².